The highest BCUT2D eigenvalue weighted by molar-refractivity contribution is 6.06. The Hall–Kier alpha value is -3.60. The molecule has 0 radical (unpaired) electrons. The molecule has 0 saturated carbocycles. The van der Waals surface area contributed by atoms with Gasteiger partial charge in [-0.05, 0) is 42.3 Å². The van der Waals surface area contributed by atoms with Crippen LogP contribution < -0.4 is 15.4 Å². The first-order chi connectivity index (χ1) is 14.1. The number of para-hydroxylation sites is 2. The SMILES string of the molecule is CCc1ccccc1NC(=O)c1cccc(C(=O)NCc2ccccc2OC)c1. The molecule has 5 heteroatoms. The number of rotatable bonds is 7. The van der Waals surface area contributed by atoms with Crippen LogP contribution in [0, 0.1) is 0 Å². The van der Waals surface area contributed by atoms with Crippen molar-refractivity contribution in [3.63, 3.8) is 0 Å². The Balaban J connectivity index is 1.70. The van der Waals surface area contributed by atoms with Gasteiger partial charge in [-0.25, -0.2) is 0 Å². The van der Waals surface area contributed by atoms with Crippen molar-refractivity contribution in [1.82, 2.24) is 5.32 Å². The topological polar surface area (TPSA) is 67.4 Å². The molecule has 0 aromatic heterocycles. The molecular weight excluding hydrogens is 364 g/mol. The number of anilines is 1. The van der Waals surface area contributed by atoms with Gasteiger partial charge in [0.25, 0.3) is 11.8 Å². The summed E-state index contributed by atoms with van der Waals surface area (Å²) >= 11 is 0. The number of carbonyl (C=O) groups is 2. The van der Waals surface area contributed by atoms with Crippen LogP contribution in [0.15, 0.2) is 72.8 Å². The second-order valence-electron chi connectivity index (χ2n) is 6.54. The van der Waals surface area contributed by atoms with Gasteiger partial charge in [0, 0.05) is 28.9 Å². The van der Waals surface area contributed by atoms with Crippen LogP contribution in [0.2, 0.25) is 0 Å². The van der Waals surface area contributed by atoms with Gasteiger partial charge in [0.2, 0.25) is 0 Å². The van der Waals surface area contributed by atoms with Gasteiger partial charge >= 0.3 is 0 Å². The highest BCUT2D eigenvalue weighted by atomic mass is 16.5. The van der Waals surface area contributed by atoms with Crippen molar-refractivity contribution in [2.24, 2.45) is 0 Å². The average molecular weight is 388 g/mol. The Kier molecular flexibility index (Phi) is 6.63. The molecule has 0 aliphatic rings. The summed E-state index contributed by atoms with van der Waals surface area (Å²) in [5.74, 6) is 0.223. The van der Waals surface area contributed by atoms with E-state index in [0.717, 1.165) is 29.0 Å². The van der Waals surface area contributed by atoms with E-state index in [-0.39, 0.29) is 11.8 Å². The van der Waals surface area contributed by atoms with E-state index in [1.54, 1.807) is 31.4 Å². The molecular formula is C24H24N2O3. The van der Waals surface area contributed by atoms with Crippen molar-refractivity contribution in [3.05, 3.63) is 95.1 Å². The molecule has 3 aromatic rings. The number of ether oxygens (including phenoxy) is 1. The molecule has 0 spiro atoms. The molecule has 0 aliphatic carbocycles. The average Bonchev–Trinajstić information content (AvgIpc) is 2.78. The molecule has 0 heterocycles. The monoisotopic (exact) mass is 388 g/mol. The first-order valence-corrected chi connectivity index (χ1v) is 9.51. The first-order valence-electron chi connectivity index (χ1n) is 9.51. The van der Waals surface area contributed by atoms with Crippen LogP contribution in [-0.2, 0) is 13.0 Å². The van der Waals surface area contributed by atoms with Gasteiger partial charge in [-0.3, -0.25) is 9.59 Å². The molecule has 148 valence electrons. The van der Waals surface area contributed by atoms with Crippen LogP contribution >= 0.6 is 0 Å². The van der Waals surface area contributed by atoms with Gasteiger partial charge in [0.05, 0.1) is 7.11 Å². The van der Waals surface area contributed by atoms with Crippen LogP contribution in [0.5, 0.6) is 5.75 Å². The summed E-state index contributed by atoms with van der Waals surface area (Å²) in [5, 5.41) is 5.80. The van der Waals surface area contributed by atoms with Gasteiger partial charge < -0.3 is 15.4 Å². The maximum Gasteiger partial charge on any atom is 0.255 e. The van der Waals surface area contributed by atoms with Crippen LogP contribution in [-0.4, -0.2) is 18.9 Å². The molecule has 0 fully saturated rings. The lowest BCUT2D eigenvalue weighted by atomic mass is 10.1. The summed E-state index contributed by atoms with van der Waals surface area (Å²) in [6.07, 6.45) is 0.821. The van der Waals surface area contributed by atoms with Crippen molar-refractivity contribution in [3.8, 4) is 5.75 Å². The van der Waals surface area contributed by atoms with Gasteiger partial charge in [-0.2, -0.15) is 0 Å². The van der Waals surface area contributed by atoms with Crippen molar-refractivity contribution >= 4 is 17.5 Å². The predicted molar refractivity (Wildman–Crippen MR) is 114 cm³/mol. The molecule has 0 atom stereocenters. The molecule has 3 aromatic carbocycles. The van der Waals surface area contributed by atoms with Crippen LogP contribution in [0.4, 0.5) is 5.69 Å². The molecule has 2 N–H and O–H groups in total. The Morgan fingerprint density at radius 1 is 0.828 bits per heavy atom. The Morgan fingerprint density at radius 3 is 2.21 bits per heavy atom. The van der Waals surface area contributed by atoms with Crippen molar-refractivity contribution < 1.29 is 14.3 Å². The quantitative estimate of drug-likeness (QED) is 0.629. The van der Waals surface area contributed by atoms with E-state index in [4.69, 9.17) is 4.74 Å². The summed E-state index contributed by atoms with van der Waals surface area (Å²) in [5.41, 5.74) is 3.59. The molecule has 0 unspecified atom stereocenters. The number of amides is 2. The number of methoxy groups -OCH3 is 1. The minimum atomic E-state index is -0.250. The van der Waals surface area contributed by atoms with E-state index in [9.17, 15) is 9.59 Å². The van der Waals surface area contributed by atoms with E-state index in [2.05, 4.69) is 10.6 Å². The van der Waals surface area contributed by atoms with Gasteiger partial charge in [-0.1, -0.05) is 49.4 Å². The maximum absolute atomic E-state index is 12.7. The Labute approximate surface area is 170 Å². The Bertz CT molecular complexity index is 1010. The summed E-state index contributed by atoms with van der Waals surface area (Å²) < 4.78 is 5.31. The fourth-order valence-corrected chi connectivity index (χ4v) is 3.07. The zero-order valence-corrected chi connectivity index (χ0v) is 16.6. The minimum absolute atomic E-state index is 0.245. The molecule has 0 saturated heterocycles. The highest BCUT2D eigenvalue weighted by Gasteiger charge is 2.12. The standard InChI is InChI=1S/C24H24N2O3/c1-3-17-9-4-6-13-21(17)26-24(28)19-12-8-11-18(15-19)23(27)25-16-20-10-5-7-14-22(20)29-2/h4-15H,3,16H2,1-2H3,(H,25,27)(H,26,28). The molecule has 29 heavy (non-hydrogen) atoms. The lowest BCUT2D eigenvalue weighted by Crippen LogP contribution is -2.23. The van der Waals surface area contributed by atoms with Gasteiger partial charge in [0.1, 0.15) is 5.75 Å². The number of carbonyl (C=O) groups excluding carboxylic acids is 2. The number of aryl methyl sites for hydroxylation is 1. The number of hydrogen-bond donors (Lipinski definition) is 2. The predicted octanol–water partition coefficient (Wildman–Crippen LogP) is 4.44. The van der Waals surface area contributed by atoms with Crippen molar-refractivity contribution in [2.45, 2.75) is 19.9 Å². The molecule has 5 nitrogen and oxygen atoms in total. The van der Waals surface area contributed by atoms with E-state index >= 15 is 0 Å². The largest absolute Gasteiger partial charge is 0.496 e. The normalized spacial score (nSPS) is 10.3. The molecule has 2 amide bonds. The molecule has 3 rings (SSSR count). The smallest absolute Gasteiger partial charge is 0.255 e. The fourth-order valence-electron chi connectivity index (χ4n) is 3.07. The van der Waals surface area contributed by atoms with Crippen molar-refractivity contribution in [1.29, 1.82) is 0 Å². The fraction of sp³-hybridized carbons (Fsp3) is 0.167. The second kappa shape index (κ2) is 9.55. The Morgan fingerprint density at radius 2 is 1.48 bits per heavy atom. The third-order valence-corrected chi connectivity index (χ3v) is 4.67. The van der Waals surface area contributed by atoms with Crippen LogP contribution in [0.25, 0.3) is 0 Å². The lowest BCUT2D eigenvalue weighted by Gasteiger charge is -2.11. The zero-order chi connectivity index (χ0) is 20.6. The summed E-state index contributed by atoms with van der Waals surface area (Å²) in [6, 6.07) is 21.9. The van der Waals surface area contributed by atoms with Crippen LogP contribution in [0.3, 0.4) is 0 Å². The third kappa shape index (κ3) is 5.02. The second-order valence-corrected chi connectivity index (χ2v) is 6.54. The zero-order valence-electron chi connectivity index (χ0n) is 16.6. The third-order valence-electron chi connectivity index (χ3n) is 4.67. The lowest BCUT2D eigenvalue weighted by molar-refractivity contribution is 0.0950. The number of nitrogens with one attached hydrogen (secondary N) is 2. The van der Waals surface area contributed by atoms with Crippen LogP contribution in [0.1, 0.15) is 38.8 Å². The van der Waals surface area contributed by atoms with E-state index in [1.165, 1.54) is 0 Å². The maximum atomic E-state index is 12.7. The number of hydrogen-bond acceptors (Lipinski definition) is 3. The van der Waals surface area contributed by atoms with Gasteiger partial charge in [0.15, 0.2) is 0 Å². The first kappa shape index (κ1) is 20.1. The minimum Gasteiger partial charge on any atom is -0.496 e. The van der Waals surface area contributed by atoms with Gasteiger partial charge in [-0.15, -0.1) is 0 Å². The number of benzene rings is 3. The summed E-state index contributed by atoms with van der Waals surface area (Å²) in [7, 11) is 1.60. The summed E-state index contributed by atoms with van der Waals surface area (Å²) in [6.45, 7) is 2.38. The van der Waals surface area contributed by atoms with E-state index in [1.807, 2.05) is 55.5 Å². The molecule has 0 aliphatic heterocycles. The van der Waals surface area contributed by atoms with Crippen molar-refractivity contribution in [2.75, 3.05) is 12.4 Å². The van der Waals surface area contributed by atoms with E-state index < -0.39 is 0 Å². The van der Waals surface area contributed by atoms with E-state index in [0.29, 0.717) is 17.7 Å². The highest BCUT2D eigenvalue weighted by Crippen LogP contribution is 2.18. The molecule has 0 bridgehead atoms. The summed E-state index contributed by atoms with van der Waals surface area (Å²) in [4.78, 5) is 25.2.